The Labute approximate surface area is 172 Å². The molecule has 3 heteroatoms. The van der Waals surface area contributed by atoms with Gasteiger partial charge in [0.05, 0.1) is 0 Å². The largest absolute Gasteiger partial charge is 0.329 e. The molecule has 0 bridgehead atoms. The third kappa shape index (κ3) is 7.33. The second kappa shape index (κ2) is 10.1. The number of nitrogens with two attached hydrogens (primary N) is 1. The predicted octanol–water partition coefficient (Wildman–Crippen LogP) is 6.06. The molecule has 0 saturated heterocycles. The molecule has 0 amide bonds. The van der Waals surface area contributed by atoms with Crippen molar-refractivity contribution in [2.75, 3.05) is 13.1 Å². The Morgan fingerprint density at radius 2 is 1.15 bits per heavy atom. The summed E-state index contributed by atoms with van der Waals surface area (Å²) < 4.78 is 0. The first-order chi connectivity index (χ1) is 12.1. The van der Waals surface area contributed by atoms with Crippen LogP contribution in [0, 0.1) is 0 Å². The Balaban J connectivity index is 5.58. The first-order valence-electron chi connectivity index (χ1n) is 11.4. The van der Waals surface area contributed by atoms with Gasteiger partial charge in [-0.15, -0.1) is 0 Å². The van der Waals surface area contributed by atoms with Crippen LogP contribution in [0.3, 0.4) is 0 Å². The fourth-order valence-corrected chi connectivity index (χ4v) is 5.22. The lowest BCUT2D eigenvalue weighted by Gasteiger charge is -2.54. The minimum atomic E-state index is 0.133. The van der Waals surface area contributed by atoms with Crippen molar-refractivity contribution in [3.63, 3.8) is 0 Å². The molecule has 0 fully saturated rings. The predicted molar refractivity (Wildman–Crippen MR) is 123 cm³/mol. The molecule has 0 heterocycles. The summed E-state index contributed by atoms with van der Waals surface area (Å²) in [7, 11) is 0. The Bertz CT molecular complexity index is 414. The van der Waals surface area contributed by atoms with Gasteiger partial charge in [-0.2, -0.15) is 0 Å². The SMILES string of the molecule is CCC(CC)N(C(C)(C)C)C(C)(C)CCC(C)(C)N(CCN)C(C)(C)CC. The maximum Gasteiger partial charge on any atom is 0.0162 e. The topological polar surface area (TPSA) is 32.5 Å². The van der Waals surface area contributed by atoms with Crippen LogP contribution >= 0.6 is 0 Å². The second-order valence-electron chi connectivity index (χ2n) is 11.2. The van der Waals surface area contributed by atoms with Crippen LogP contribution in [0.5, 0.6) is 0 Å². The molecule has 0 aromatic rings. The maximum atomic E-state index is 5.99. The van der Waals surface area contributed by atoms with Crippen molar-refractivity contribution in [1.29, 1.82) is 0 Å². The van der Waals surface area contributed by atoms with Crippen molar-refractivity contribution in [2.45, 2.75) is 143 Å². The summed E-state index contributed by atoms with van der Waals surface area (Å²) in [6.07, 6.45) is 5.93. The maximum absolute atomic E-state index is 5.99. The van der Waals surface area contributed by atoms with Gasteiger partial charge in [-0.05, 0) is 94.4 Å². The smallest absolute Gasteiger partial charge is 0.0162 e. The molecule has 0 aliphatic carbocycles. The summed E-state index contributed by atoms with van der Waals surface area (Å²) in [6, 6.07) is 0.635. The van der Waals surface area contributed by atoms with Crippen LogP contribution in [-0.4, -0.2) is 51.1 Å². The lowest BCUT2D eigenvalue weighted by Crippen LogP contribution is -2.60. The Morgan fingerprint density at radius 1 is 0.704 bits per heavy atom. The molecule has 0 spiro atoms. The summed E-state index contributed by atoms with van der Waals surface area (Å²) in [6.45, 7) is 30.2. The van der Waals surface area contributed by atoms with Gasteiger partial charge < -0.3 is 5.73 Å². The minimum absolute atomic E-state index is 0.133. The van der Waals surface area contributed by atoms with E-state index in [0.29, 0.717) is 6.04 Å². The normalized spacial score (nSPS) is 14.7. The molecule has 0 rings (SSSR count). The highest BCUT2D eigenvalue weighted by atomic mass is 15.3. The van der Waals surface area contributed by atoms with Gasteiger partial charge in [-0.25, -0.2) is 0 Å². The van der Waals surface area contributed by atoms with E-state index in [-0.39, 0.29) is 22.2 Å². The average molecular weight is 384 g/mol. The molecule has 164 valence electrons. The molecular formula is C24H53N3. The van der Waals surface area contributed by atoms with Crippen LogP contribution in [-0.2, 0) is 0 Å². The number of rotatable bonds is 12. The number of nitrogens with zero attached hydrogens (tertiary/aromatic N) is 2. The molecule has 27 heavy (non-hydrogen) atoms. The first-order valence-corrected chi connectivity index (χ1v) is 11.4. The van der Waals surface area contributed by atoms with Gasteiger partial charge >= 0.3 is 0 Å². The molecule has 0 aliphatic rings. The fourth-order valence-electron chi connectivity index (χ4n) is 5.22. The van der Waals surface area contributed by atoms with Crippen molar-refractivity contribution in [1.82, 2.24) is 9.80 Å². The van der Waals surface area contributed by atoms with Gasteiger partial charge in [0, 0.05) is 41.3 Å². The van der Waals surface area contributed by atoms with Gasteiger partial charge in [0.2, 0.25) is 0 Å². The minimum Gasteiger partial charge on any atom is -0.329 e. The standard InChI is InChI=1S/C24H53N3/c1-13-20(14-2)27(21(4,5)6)24(11,12)17-16-23(9,10)26(19-18-25)22(7,8)15-3/h20H,13-19,25H2,1-12H3. The van der Waals surface area contributed by atoms with Gasteiger partial charge in [-0.1, -0.05) is 20.8 Å². The molecular weight excluding hydrogens is 330 g/mol. The molecule has 2 N–H and O–H groups in total. The zero-order valence-electron chi connectivity index (χ0n) is 21.0. The third-order valence-corrected chi connectivity index (χ3v) is 6.71. The van der Waals surface area contributed by atoms with Gasteiger partial charge in [0.15, 0.2) is 0 Å². The van der Waals surface area contributed by atoms with E-state index in [1.54, 1.807) is 0 Å². The van der Waals surface area contributed by atoms with E-state index in [1.165, 1.54) is 25.7 Å². The van der Waals surface area contributed by atoms with Crippen molar-refractivity contribution in [3.05, 3.63) is 0 Å². The summed E-state index contributed by atoms with van der Waals surface area (Å²) >= 11 is 0. The van der Waals surface area contributed by atoms with Crippen molar-refractivity contribution in [2.24, 2.45) is 5.73 Å². The Morgan fingerprint density at radius 3 is 1.48 bits per heavy atom. The molecule has 0 radical (unpaired) electrons. The number of hydrogen-bond donors (Lipinski definition) is 1. The molecule has 0 saturated carbocycles. The summed E-state index contributed by atoms with van der Waals surface area (Å²) in [5.41, 5.74) is 6.63. The van der Waals surface area contributed by atoms with Crippen molar-refractivity contribution in [3.8, 4) is 0 Å². The molecule has 0 aliphatic heterocycles. The highest BCUT2D eigenvalue weighted by Crippen LogP contribution is 2.37. The van der Waals surface area contributed by atoms with Crippen LogP contribution in [0.1, 0.15) is 115 Å². The van der Waals surface area contributed by atoms with Gasteiger partial charge in [0.1, 0.15) is 0 Å². The summed E-state index contributed by atoms with van der Waals surface area (Å²) in [5, 5.41) is 0. The van der Waals surface area contributed by atoms with Crippen molar-refractivity contribution >= 4 is 0 Å². The van der Waals surface area contributed by atoms with Crippen molar-refractivity contribution < 1.29 is 0 Å². The van der Waals surface area contributed by atoms with Crippen LogP contribution in [0.2, 0.25) is 0 Å². The Kier molecular flexibility index (Phi) is 10.0. The average Bonchev–Trinajstić information content (AvgIpc) is 2.54. The molecule has 0 atom stereocenters. The highest BCUT2D eigenvalue weighted by molar-refractivity contribution is 4.98. The van der Waals surface area contributed by atoms with Crippen LogP contribution in [0.25, 0.3) is 0 Å². The second-order valence-corrected chi connectivity index (χ2v) is 11.2. The molecule has 0 aromatic carbocycles. The van der Waals surface area contributed by atoms with E-state index < -0.39 is 0 Å². The lowest BCUT2D eigenvalue weighted by molar-refractivity contribution is -0.0410. The molecule has 0 aromatic heterocycles. The van der Waals surface area contributed by atoms with Crippen LogP contribution < -0.4 is 5.73 Å². The lowest BCUT2D eigenvalue weighted by atomic mass is 9.81. The van der Waals surface area contributed by atoms with E-state index in [4.69, 9.17) is 5.73 Å². The summed E-state index contributed by atoms with van der Waals surface area (Å²) in [4.78, 5) is 5.43. The highest BCUT2D eigenvalue weighted by Gasteiger charge is 2.41. The van der Waals surface area contributed by atoms with Crippen LogP contribution in [0.15, 0.2) is 0 Å². The first kappa shape index (κ1) is 26.9. The fraction of sp³-hybridized carbons (Fsp3) is 1.00. The van der Waals surface area contributed by atoms with Gasteiger partial charge in [-0.3, -0.25) is 9.80 Å². The van der Waals surface area contributed by atoms with Gasteiger partial charge in [0.25, 0.3) is 0 Å². The third-order valence-electron chi connectivity index (χ3n) is 6.71. The van der Waals surface area contributed by atoms with E-state index in [9.17, 15) is 0 Å². The monoisotopic (exact) mass is 383 g/mol. The number of hydrogen-bond acceptors (Lipinski definition) is 3. The van der Waals surface area contributed by atoms with E-state index in [0.717, 1.165) is 19.5 Å². The Hall–Kier alpha value is -0.120. The molecule has 3 nitrogen and oxygen atoms in total. The van der Waals surface area contributed by atoms with Crippen LogP contribution in [0.4, 0.5) is 0 Å². The van der Waals surface area contributed by atoms with E-state index in [1.807, 2.05) is 0 Å². The molecule has 0 unspecified atom stereocenters. The zero-order chi connectivity index (χ0) is 21.7. The van der Waals surface area contributed by atoms with E-state index in [2.05, 4.69) is 92.9 Å². The quantitative estimate of drug-likeness (QED) is 0.444. The van der Waals surface area contributed by atoms with E-state index >= 15 is 0 Å². The summed E-state index contributed by atoms with van der Waals surface area (Å²) in [5.74, 6) is 0. The zero-order valence-corrected chi connectivity index (χ0v) is 21.0.